The van der Waals surface area contributed by atoms with E-state index in [1.54, 1.807) is 6.07 Å². The van der Waals surface area contributed by atoms with Crippen molar-refractivity contribution in [3.63, 3.8) is 0 Å². The average Bonchev–Trinajstić information content (AvgIpc) is 3.25. The monoisotopic (exact) mass is 553 g/mol. The molecule has 2 fully saturated rings. The number of para-hydroxylation sites is 1. The van der Waals surface area contributed by atoms with Gasteiger partial charge in [0.1, 0.15) is 21.6 Å². The number of hydrogen-bond donors (Lipinski definition) is 2. The minimum atomic E-state index is -2.93. The summed E-state index contributed by atoms with van der Waals surface area (Å²) in [5.41, 5.74) is 5.88. The normalized spacial score (nSPS) is 19.6. The number of aryl methyl sites for hydroxylation is 1. The van der Waals surface area contributed by atoms with Crippen LogP contribution in [0.3, 0.4) is 0 Å². The number of nitrogens with zero attached hydrogens (tertiary/aromatic N) is 3. The Morgan fingerprint density at radius 3 is 2.73 bits per heavy atom. The number of amides is 1. The van der Waals surface area contributed by atoms with E-state index in [0.717, 1.165) is 35.1 Å². The molecule has 1 aromatic carbocycles. The SMILES string of the molecule is Cc1cc(C#CC2CCS(=O)(=O)CC2)cc(C(=O)NC(c2cc3ccccc3[nH]2)c2ncn3c2CCC32CC2)n1. The fourth-order valence-electron chi connectivity index (χ4n) is 6.22. The van der Waals surface area contributed by atoms with Crippen molar-refractivity contribution in [2.75, 3.05) is 11.5 Å². The Labute approximate surface area is 233 Å². The summed E-state index contributed by atoms with van der Waals surface area (Å²) in [4.78, 5) is 26.6. The lowest BCUT2D eigenvalue weighted by molar-refractivity contribution is 0.0936. The number of benzene rings is 1. The van der Waals surface area contributed by atoms with Crippen LogP contribution < -0.4 is 5.32 Å². The summed E-state index contributed by atoms with van der Waals surface area (Å²) in [6, 6.07) is 13.3. The minimum Gasteiger partial charge on any atom is -0.356 e. The predicted octanol–water partition coefficient (Wildman–Crippen LogP) is 4.20. The Morgan fingerprint density at radius 1 is 1.15 bits per heavy atom. The van der Waals surface area contributed by atoms with Crippen LogP contribution in [0.4, 0.5) is 0 Å². The molecule has 1 amide bonds. The molecule has 204 valence electrons. The maximum absolute atomic E-state index is 13.7. The molecule has 7 rings (SSSR count). The molecule has 3 aromatic heterocycles. The topological polar surface area (TPSA) is 110 Å². The summed E-state index contributed by atoms with van der Waals surface area (Å²) in [5, 5.41) is 4.31. The van der Waals surface area contributed by atoms with Crippen LogP contribution in [0.2, 0.25) is 0 Å². The number of H-pyrrole nitrogens is 1. The highest BCUT2D eigenvalue weighted by molar-refractivity contribution is 7.91. The molecule has 0 bridgehead atoms. The van der Waals surface area contributed by atoms with Gasteiger partial charge in [-0.2, -0.15) is 0 Å². The molecule has 1 saturated heterocycles. The fraction of sp³-hybridized carbons (Fsp3) is 0.387. The van der Waals surface area contributed by atoms with E-state index < -0.39 is 15.9 Å². The lowest BCUT2D eigenvalue weighted by atomic mass is 10.0. The number of carbonyl (C=O) groups excluding carboxylic acids is 1. The first-order valence-electron chi connectivity index (χ1n) is 13.9. The number of carbonyl (C=O) groups is 1. The van der Waals surface area contributed by atoms with Crippen molar-refractivity contribution in [2.24, 2.45) is 5.92 Å². The van der Waals surface area contributed by atoms with E-state index in [9.17, 15) is 13.2 Å². The third kappa shape index (κ3) is 4.60. The van der Waals surface area contributed by atoms with E-state index in [2.05, 4.69) is 43.8 Å². The van der Waals surface area contributed by atoms with Crippen molar-refractivity contribution in [2.45, 2.75) is 57.0 Å². The van der Waals surface area contributed by atoms with Crippen LogP contribution >= 0.6 is 0 Å². The highest BCUT2D eigenvalue weighted by Crippen LogP contribution is 2.52. The van der Waals surface area contributed by atoms with E-state index in [0.29, 0.717) is 29.8 Å². The number of aromatic nitrogens is 4. The number of aromatic amines is 1. The van der Waals surface area contributed by atoms with Gasteiger partial charge in [-0.1, -0.05) is 30.0 Å². The quantitative estimate of drug-likeness (QED) is 0.368. The van der Waals surface area contributed by atoms with Crippen LogP contribution in [0.1, 0.15) is 77.0 Å². The standard InChI is InChI=1S/C31H31N5O3S/c1-20-16-22(7-6-21-9-14-40(38,39)15-10-21)17-26(33-20)30(37)35-28(25-18-23-4-2-3-5-24(23)34-25)29-27-8-11-31(12-13-31)36(27)19-32-29/h2-5,16-19,21,28,34H,8-15H2,1H3,(H,35,37). The number of imidazole rings is 1. The van der Waals surface area contributed by atoms with Gasteiger partial charge in [-0.05, 0) is 75.1 Å². The molecular formula is C31H31N5O3S. The zero-order chi connectivity index (χ0) is 27.5. The van der Waals surface area contributed by atoms with Gasteiger partial charge in [0.25, 0.3) is 5.91 Å². The Kier molecular flexibility index (Phi) is 5.86. The van der Waals surface area contributed by atoms with Gasteiger partial charge in [-0.15, -0.1) is 0 Å². The molecule has 9 heteroatoms. The summed E-state index contributed by atoms with van der Waals surface area (Å²) >= 11 is 0. The van der Waals surface area contributed by atoms with Crippen LogP contribution in [0.5, 0.6) is 0 Å². The lowest BCUT2D eigenvalue weighted by Gasteiger charge is -2.18. The minimum absolute atomic E-state index is 0.0402. The average molecular weight is 554 g/mol. The second-order valence-electron chi connectivity index (χ2n) is 11.5. The van der Waals surface area contributed by atoms with Crippen molar-refractivity contribution in [1.29, 1.82) is 0 Å². The third-order valence-corrected chi connectivity index (χ3v) is 10.4. The number of nitrogens with one attached hydrogen (secondary N) is 2. The maximum Gasteiger partial charge on any atom is 0.270 e. The van der Waals surface area contributed by atoms with Gasteiger partial charge in [0.05, 0.1) is 23.5 Å². The number of fused-ring (bicyclic) bond motifs is 3. The molecule has 1 atom stereocenters. The molecule has 1 aliphatic carbocycles. The summed E-state index contributed by atoms with van der Waals surface area (Å²) < 4.78 is 25.8. The Balaban J connectivity index is 1.19. The van der Waals surface area contributed by atoms with Gasteiger partial charge in [0, 0.05) is 39.6 Å². The Bertz CT molecular complexity index is 1770. The van der Waals surface area contributed by atoms with E-state index in [1.807, 2.05) is 37.5 Å². The van der Waals surface area contributed by atoms with Gasteiger partial charge in [-0.3, -0.25) is 4.79 Å². The summed E-state index contributed by atoms with van der Waals surface area (Å²) in [6.45, 7) is 1.85. The van der Waals surface area contributed by atoms with Gasteiger partial charge < -0.3 is 14.9 Å². The van der Waals surface area contributed by atoms with Crippen molar-refractivity contribution in [3.05, 3.63) is 82.8 Å². The Morgan fingerprint density at radius 2 is 1.95 bits per heavy atom. The first-order chi connectivity index (χ1) is 19.3. The van der Waals surface area contributed by atoms with Crippen LogP contribution in [0, 0.1) is 24.7 Å². The van der Waals surface area contributed by atoms with Gasteiger partial charge in [0.15, 0.2) is 0 Å². The van der Waals surface area contributed by atoms with Crippen LogP contribution in [0.25, 0.3) is 10.9 Å². The smallest absolute Gasteiger partial charge is 0.270 e. The predicted molar refractivity (Wildman–Crippen MR) is 153 cm³/mol. The van der Waals surface area contributed by atoms with Crippen molar-refractivity contribution in [3.8, 4) is 11.8 Å². The number of rotatable bonds is 4. The Hall–Kier alpha value is -3.90. The molecule has 8 nitrogen and oxygen atoms in total. The number of sulfone groups is 1. The van der Waals surface area contributed by atoms with Gasteiger partial charge in [-0.25, -0.2) is 18.4 Å². The van der Waals surface area contributed by atoms with Crippen molar-refractivity contribution < 1.29 is 13.2 Å². The highest BCUT2D eigenvalue weighted by atomic mass is 32.2. The zero-order valence-electron chi connectivity index (χ0n) is 22.4. The largest absolute Gasteiger partial charge is 0.356 e. The summed E-state index contributed by atoms with van der Waals surface area (Å²) in [7, 11) is -2.93. The van der Waals surface area contributed by atoms with E-state index in [-0.39, 0.29) is 28.9 Å². The zero-order valence-corrected chi connectivity index (χ0v) is 23.2. The number of hydrogen-bond acceptors (Lipinski definition) is 5. The molecule has 1 unspecified atom stereocenters. The second-order valence-corrected chi connectivity index (χ2v) is 13.8. The first kappa shape index (κ1) is 25.1. The van der Waals surface area contributed by atoms with E-state index >= 15 is 0 Å². The van der Waals surface area contributed by atoms with Crippen molar-refractivity contribution >= 4 is 26.6 Å². The van der Waals surface area contributed by atoms with Crippen LogP contribution in [0.15, 0.2) is 48.8 Å². The molecule has 0 radical (unpaired) electrons. The molecule has 1 saturated carbocycles. The molecule has 5 heterocycles. The summed E-state index contributed by atoms with van der Waals surface area (Å²) in [6.07, 6.45) is 7.50. The van der Waals surface area contributed by atoms with Crippen LogP contribution in [-0.2, 0) is 21.8 Å². The van der Waals surface area contributed by atoms with E-state index in [1.165, 1.54) is 18.5 Å². The molecular weight excluding hydrogens is 522 g/mol. The molecule has 4 aromatic rings. The highest BCUT2D eigenvalue weighted by Gasteiger charge is 2.50. The molecule has 2 aliphatic heterocycles. The third-order valence-electron chi connectivity index (χ3n) is 8.64. The van der Waals surface area contributed by atoms with E-state index in [4.69, 9.17) is 4.98 Å². The van der Waals surface area contributed by atoms with Gasteiger partial charge in [0.2, 0.25) is 0 Å². The van der Waals surface area contributed by atoms with Crippen LogP contribution in [-0.4, -0.2) is 45.3 Å². The molecule has 1 spiro atoms. The van der Waals surface area contributed by atoms with Crippen molar-refractivity contribution in [1.82, 2.24) is 24.8 Å². The fourth-order valence-corrected chi connectivity index (χ4v) is 7.71. The van der Waals surface area contributed by atoms with Gasteiger partial charge >= 0.3 is 0 Å². The summed E-state index contributed by atoms with van der Waals surface area (Å²) in [5.74, 6) is 6.51. The molecule has 40 heavy (non-hydrogen) atoms. The molecule has 3 aliphatic rings. The first-order valence-corrected chi connectivity index (χ1v) is 15.8. The lowest BCUT2D eigenvalue weighted by Crippen LogP contribution is -2.31. The number of pyridine rings is 1. The second kappa shape index (κ2) is 9.34. The maximum atomic E-state index is 13.7. The molecule has 2 N–H and O–H groups in total.